The Morgan fingerprint density at radius 1 is 0.857 bits per heavy atom. The van der Waals surface area contributed by atoms with Crippen LogP contribution in [0.1, 0.15) is 10.4 Å². The van der Waals surface area contributed by atoms with Crippen LogP contribution in [0.15, 0.2) is 54.6 Å². The van der Waals surface area contributed by atoms with E-state index in [4.69, 9.17) is 5.11 Å². The molecule has 0 aliphatic carbocycles. The molecule has 0 amide bonds. The summed E-state index contributed by atoms with van der Waals surface area (Å²) < 4.78 is 0. The minimum absolute atomic E-state index is 0.274. The highest BCUT2D eigenvalue weighted by molar-refractivity contribution is 5.87. The van der Waals surface area contributed by atoms with Gasteiger partial charge in [0.15, 0.2) is 0 Å². The number of hydrogen-bond donors (Lipinski definition) is 1. The van der Waals surface area contributed by atoms with Crippen LogP contribution < -0.4 is 0 Å². The summed E-state index contributed by atoms with van der Waals surface area (Å²) in [6, 6.07) is 12.9. The lowest BCUT2D eigenvalue weighted by Gasteiger charge is -1.90. The number of nitro benzene ring substituents is 2. The van der Waals surface area contributed by atoms with Gasteiger partial charge in [0.25, 0.3) is 11.4 Å². The van der Waals surface area contributed by atoms with Crippen molar-refractivity contribution in [3.63, 3.8) is 0 Å². The maximum atomic E-state index is 10.2. The zero-order chi connectivity index (χ0) is 15.8. The first-order valence-electron chi connectivity index (χ1n) is 5.59. The third-order valence-electron chi connectivity index (χ3n) is 2.27. The predicted octanol–water partition coefficient (Wildman–Crippen LogP) is 2.89. The number of nitrogens with zero attached hydrogens (tertiary/aromatic N) is 2. The fraction of sp³-hybridized carbons (Fsp3) is 0. The highest BCUT2D eigenvalue weighted by Gasteiger charge is 2.11. The second kappa shape index (κ2) is 7.34. The van der Waals surface area contributed by atoms with Crippen LogP contribution in [0.25, 0.3) is 0 Å². The van der Waals surface area contributed by atoms with Crippen LogP contribution in [0.5, 0.6) is 0 Å². The standard InChI is InChI=1S/C7H6O2.C6H4N2O4/c8-7(9)6-4-2-1-3-5-6;9-7(10)5-2-1-3-6(4-5)8(11)12/h1-5H,(H,8,9);1-4H. The molecule has 2 aromatic carbocycles. The minimum Gasteiger partial charge on any atom is -0.478 e. The zero-order valence-corrected chi connectivity index (χ0v) is 10.6. The van der Waals surface area contributed by atoms with E-state index >= 15 is 0 Å². The van der Waals surface area contributed by atoms with Crippen LogP contribution in [0, 0.1) is 20.2 Å². The van der Waals surface area contributed by atoms with Gasteiger partial charge in [0.2, 0.25) is 0 Å². The quantitative estimate of drug-likeness (QED) is 0.684. The summed E-state index contributed by atoms with van der Waals surface area (Å²) in [5.41, 5.74) is -0.217. The summed E-state index contributed by atoms with van der Waals surface area (Å²) in [6.45, 7) is 0. The van der Waals surface area contributed by atoms with Gasteiger partial charge in [-0.1, -0.05) is 18.2 Å². The highest BCUT2D eigenvalue weighted by atomic mass is 16.6. The van der Waals surface area contributed by atoms with Gasteiger partial charge in [0, 0.05) is 12.1 Å². The molecule has 0 atom stereocenters. The van der Waals surface area contributed by atoms with Crippen LogP contribution in [0.4, 0.5) is 11.4 Å². The van der Waals surface area contributed by atoms with E-state index in [1.165, 1.54) is 18.2 Å². The lowest BCUT2D eigenvalue weighted by molar-refractivity contribution is -0.394. The summed E-state index contributed by atoms with van der Waals surface area (Å²) in [5, 5.41) is 28.7. The first kappa shape index (κ1) is 15.8. The highest BCUT2D eigenvalue weighted by Crippen LogP contribution is 2.18. The van der Waals surface area contributed by atoms with Gasteiger partial charge in [-0.3, -0.25) is 20.2 Å². The molecule has 0 aliphatic rings. The molecule has 0 unspecified atom stereocenters. The lowest BCUT2D eigenvalue weighted by atomic mass is 10.2. The second-order valence-corrected chi connectivity index (χ2v) is 3.71. The number of benzene rings is 2. The topological polar surface area (TPSA) is 124 Å². The molecule has 2 aromatic rings. The molecule has 0 aromatic heterocycles. The Bertz CT molecular complexity index is 627. The molecule has 0 aliphatic heterocycles. The molecule has 0 fully saturated rings. The molecular weight excluding hydrogens is 280 g/mol. The molecule has 0 saturated heterocycles. The molecule has 2 rings (SSSR count). The fourth-order valence-corrected chi connectivity index (χ4v) is 1.30. The molecule has 0 saturated carbocycles. The number of rotatable bonds is 3. The van der Waals surface area contributed by atoms with Gasteiger partial charge in [-0.25, -0.2) is 4.79 Å². The minimum atomic E-state index is -0.879. The molecule has 8 heteroatoms. The fourth-order valence-electron chi connectivity index (χ4n) is 1.30. The third-order valence-corrected chi connectivity index (χ3v) is 2.27. The Hall–Kier alpha value is -3.29. The summed E-state index contributed by atoms with van der Waals surface area (Å²) >= 11 is 0. The maximum Gasteiger partial charge on any atom is 0.335 e. The van der Waals surface area contributed by atoms with Gasteiger partial charge in [0.1, 0.15) is 0 Å². The first-order valence-corrected chi connectivity index (χ1v) is 5.59. The van der Waals surface area contributed by atoms with Crippen molar-refractivity contribution in [2.24, 2.45) is 0 Å². The monoisotopic (exact) mass is 290 g/mol. The van der Waals surface area contributed by atoms with Crippen molar-refractivity contribution in [1.29, 1.82) is 0 Å². The summed E-state index contributed by atoms with van der Waals surface area (Å²) in [5.74, 6) is -0.879. The number of hydrogen-bond acceptors (Lipinski definition) is 5. The van der Waals surface area contributed by atoms with Crippen molar-refractivity contribution in [1.82, 2.24) is 0 Å². The van der Waals surface area contributed by atoms with Crippen LogP contribution in [-0.2, 0) is 0 Å². The van der Waals surface area contributed by atoms with Crippen molar-refractivity contribution < 1.29 is 19.7 Å². The molecule has 108 valence electrons. The van der Waals surface area contributed by atoms with Gasteiger partial charge in [-0.2, -0.15) is 0 Å². The molecule has 21 heavy (non-hydrogen) atoms. The number of aromatic carboxylic acids is 1. The molecule has 8 nitrogen and oxygen atoms in total. The van der Waals surface area contributed by atoms with Crippen molar-refractivity contribution >= 4 is 17.3 Å². The molecule has 0 bridgehead atoms. The van der Waals surface area contributed by atoms with Gasteiger partial charge >= 0.3 is 5.97 Å². The normalized spacial score (nSPS) is 9.14. The van der Waals surface area contributed by atoms with Crippen molar-refractivity contribution in [2.75, 3.05) is 0 Å². The van der Waals surface area contributed by atoms with Crippen molar-refractivity contribution in [3.8, 4) is 0 Å². The summed E-state index contributed by atoms with van der Waals surface area (Å²) in [6.07, 6.45) is 0. The van der Waals surface area contributed by atoms with Crippen LogP contribution in [-0.4, -0.2) is 20.9 Å². The van der Waals surface area contributed by atoms with Crippen LogP contribution >= 0.6 is 0 Å². The number of carbonyl (C=O) groups is 1. The molecule has 0 radical (unpaired) electrons. The Morgan fingerprint density at radius 2 is 1.33 bits per heavy atom. The first-order chi connectivity index (χ1) is 9.91. The zero-order valence-electron chi connectivity index (χ0n) is 10.6. The van der Waals surface area contributed by atoms with E-state index in [0.29, 0.717) is 5.56 Å². The Morgan fingerprint density at radius 3 is 1.67 bits per heavy atom. The number of carboxylic acid groups (broad SMARTS) is 1. The lowest BCUT2D eigenvalue weighted by Crippen LogP contribution is -1.93. The van der Waals surface area contributed by atoms with E-state index in [1.807, 2.05) is 0 Å². The largest absolute Gasteiger partial charge is 0.478 e. The van der Waals surface area contributed by atoms with Gasteiger partial charge < -0.3 is 5.11 Å². The van der Waals surface area contributed by atoms with Gasteiger partial charge in [-0.15, -0.1) is 0 Å². The number of carboxylic acids is 1. The van der Waals surface area contributed by atoms with Crippen molar-refractivity contribution in [2.45, 2.75) is 0 Å². The van der Waals surface area contributed by atoms with Gasteiger partial charge in [-0.05, 0) is 18.2 Å². The Balaban J connectivity index is 0.000000219. The van der Waals surface area contributed by atoms with E-state index in [0.717, 1.165) is 6.07 Å². The van der Waals surface area contributed by atoms with Gasteiger partial charge in [0.05, 0.1) is 21.5 Å². The average Bonchev–Trinajstić information content (AvgIpc) is 2.49. The van der Waals surface area contributed by atoms with E-state index < -0.39 is 15.8 Å². The maximum absolute atomic E-state index is 10.2. The molecule has 0 spiro atoms. The molecular formula is C13H10N2O6. The number of non-ortho nitro benzene ring substituents is 2. The average molecular weight is 290 g/mol. The van der Waals surface area contributed by atoms with E-state index in [1.54, 1.807) is 30.3 Å². The van der Waals surface area contributed by atoms with Crippen LogP contribution in [0.2, 0.25) is 0 Å². The molecule has 1 N–H and O–H groups in total. The van der Waals surface area contributed by atoms with Crippen LogP contribution in [0.3, 0.4) is 0 Å². The number of nitro groups is 2. The second-order valence-electron chi connectivity index (χ2n) is 3.71. The smallest absolute Gasteiger partial charge is 0.335 e. The van der Waals surface area contributed by atoms with E-state index in [9.17, 15) is 25.0 Å². The SMILES string of the molecule is O=C(O)c1ccccc1.O=[N+]([O-])c1cccc([N+](=O)[O-])c1. The Kier molecular flexibility index (Phi) is 5.51. The Labute approximate surface area is 118 Å². The van der Waals surface area contributed by atoms with E-state index in [2.05, 4.69) is 0 Å². The predicted molar refractivity (Wildman–Crippen MR) is 73.2 cm³/mol. The summed E-state index contributed by atoms with van der Waals surface area (Å²) in [4.78, 5) is 29.2. The molecule has 0 heterocycles. The third kappa shape index (κ3) is 5.07. The summed E-state index contributed by atoms with van der Waals surface area (Å²) in [7, 11) is 0. The van der Waals surface area contributed by atoms with E-state index in [-0.39, 0.29) is 11.4 Å². The van der Waals surface area contributed by atoms with Crippen molar-refractivity contribution in [3.05, 3.63) is 80.4 Å².